The fourth-order valence-corrected chi connectivity index (χ4v) is 4.26. The van der Waals surface area contributed by atoms with E-state index in [2.05, 4.69) is 12.2 Å². The predicted molar refractivity (Wildman–Crippen MR) is 130 cm³/mol. The van der Waals surface area contributed by atoms with Gasteiger partial charge in [-0.2, -0.15) is 0 Å². The lowest BCUT2D eigenvalue weighted by Crippen LogP contribution is -2.51. The monoisotopic (exact) mass is 443 g/mol. The van der Waals surface area contributed by atoms with E-state index >= 15 is 0 Å². The summed E-state index contributed by atoms with van der Waals surface area (Å²) >= 11 is 0. The van der Waals surface area contributed by atoms with Gasteiger partial charge in [0.2, 0.25) is 11.8 Å². The highest BCUT2D eigenvalue weighted by molar-refractivity contribution is 6.26. The van der Waals surface area contributed by atoms with E-state index in [1.54, 1.807) is 17.9 Å². The fraction of sp³-hybridized carbons (Fsp3) is 0.296. The molecule has 33 heavy (non-hydrogen) atoms. The summed E-state index contributed by atoms with van der Waals surface area (Å²) in [4.78, 5) is 42.6. The maximum Gasteiger partial charge on any atom is 0.259 e. The number of unbranched alkanes of at least 4 members (excludes halogenated alkanes) is 1. The number of carbonyl (C=O) groups excluding carboxylic acids is 3. The molecule has 6 heteroatoms. The van der Waals surface area contributed by atoms with E-state index < -0.39 is 6.04 Å². The summed E-state index contributed by atoms with van der Waals surface area (Å²) in [5, 5.41) is 4.77. The quantitative estimate of drug-likeness (QED) is 0.506. The van der Waals surface area contributed by atoms with Crippen molar-refractivity contribution in [2.75, 3.05) is 18.0 Å². The van der Waals surface area contributed by atoms with Crippen LogP contribution in [0.1, 0.15) is 42.6 Å². The van der Waals surface area contributed by atoms with Crippen molar-refractivity contribution < 1.29 is 14.4 Å². The van der Waals surface area contributed by atoms with Crippen molar-refractivity contribution in [3.8, 4) is 0 Å². The summed E-state index contributed by atoms with van der Waals surface area (Å²) in [6.45, 7) is 4.55. The summed E-state index contributed by atoms with van der Waals surface area (Å²) in [6, 6.07) is 20.3. The molecule has 3 amide bonds. The van der Waals surface area contributed by atoms with Crippen LogP contribution >= 0.6 is 0 Å². The molecule has 6 nitrogen and oxygen atoms in total. The molecular weight excluding hydrogens is 414 g/mol. The Kier molecular flexibility index (Phi) is 6.73. The zero-order valence-corrected chi connectivity index (χ0v) is 19.1. The molecule has 0 radical (unpaired) electrons. The zero-order valence-electron chi connectivity index (χ0n) is 19.1. The molecule has 0 aromatic heterocycles. The van der Waals surface area contributed by atoms with E-state index in [1.165, 1.54) is 4.90 Å². The third-order valence-corrected chi connectivity index (χ3v) is 6.14. The molecule has 1 atom stereocenters. The van der Waals surface area contributed by atoms with Crippen molar-refractivity contribution in [1.82, 2.24) is 10.2 Å². The second-order valence-corrected chi connectivity index (χ2v) is 8.40. The number of carbonyl (C=O) groups is 3. The van der Waals surface area contributed by atoms with Gasteiger partial charge in [-0.05, 0) is 36.4 Å². The third-order valence-electron chi connectivity index (χ3n) is 6.14. The van der Waals surface area contributed by atoms with E-state index in [9.17, 15) is 14.4 Å². The van der Waals surface area contributed by atoms with Crippen LogP contribution in [0.5, 0.6) is 0 Å². The first-order chi connectivity index (χ1) is 16.0. The molecule has 1 aliphatic heterocycles. The third kappa shape index (κ3) is 4.60. The van der Waals surface area contributed by atoms with Gasteiger partial charge in [-0.25, -0.2) is 0 Å². The average Bonchev–Trinajstić information content (AvgIpc) is 3.11. The first kappa shape index (κ1) is 22.5. The van der Waals surface area contributed by atoms with Crippen LogP contribution in [-0.4, -0.2) is 41.8 Å². The summed E-state index contributed by atoms with van der Waals surface area (Å²) in [5.74, 6) is -0.643. The van der Waals surface area contributed by atoms with Crippen molar-refractivity contribution in [3.05, 3.63) is 77.9 Å². The lowest BCUT2D eigenvalue weighted by atomic mass is 10.1. The second kappa shape index (κ2) is 9.86. The second-order valence-electron chi connectivity index (χ2n) is 8.40. The fourth-order valence-electron chi connectivity index (χ4n) is 4.26. The molecule has 0 bridgehead atoms. The molecule has 0 unspecified atom stereocenters. The van der Waals surface area contributed by atoms with Gasteiger partial charge >= 0.3 is 0 Å². The topological polar surface area (TPSA) is 69.7 Å². The van der Waals surface area contributed by atoms with Crippen molar-refractivity contribution in [1.29, 1.82) is 0 Å². The van der Waals surface area contributed by atoms with Crippen LogP contribution in [0.25, 0.3) is 10.8 Å². The number of nitrogens with one attached hydrogen (secondary N) is 1. The van der Waals surface area contributed by atoms with Crippen molar-refractivity contribution in [2.24, 2.45) is 0 Å². The van der Waals surface area contributed by atoms with E-state index in [-0.39, 0.29) is 24.3 Å². The van der Waals surface area contributed by atoms with Gasteiger partial charge in [0, 0.05) is 24.0 Å². The number of amides is 3. The van der Waals surface area contributed by atoms with Gasteiger partial charge in [0.15, 0.2) is 0 Å². The Balaban J connectivity index is 1.58. The molecule has 3 aromatic rings. The van der Waals surface area contributed by atoms with Crippen molar-refractivity contribution in [3.63, 3.8) is 0 Å². The Hall–Kier alpha value is -3.67. The SMILES string of the molecule is CCCCNC(=O)[C@@H](C)N(Cc1ccccc1)C(=O)CN1C(=O)c2cccc3cccc1c23. The van der Waals surface area contributed by atoms with Crippen LogP contribution in [0.2, 0.25) is 0 Å². The minimum Gasteiger partial charge on any atom is -0.354 e. The summed E-state index contributed by atoms with van der Waals surface area (Å²) in [6.07, 6.45) is 1.86. The Labute approximate surface area is 194 Å². The molecule has 170 valence electrons. The number of anilines is 1. The highest BCUT2D eigenvalue weighted by atomic mass is 16.2. The van der Waals surface area contributed by atoms with Crippen LogP contribution in [0.3, 0.4) is 0 Å². The first-order valence-electron chi connectivity index (χ1n) is 11.5. The van der Waals surface area contributed by atoms with Crippen LogP contribution in [0.4, 0.5) is 5.69 Å². The van der Waals surface area contributed by atoms with Gasteiger partial charge in [0.25, 0.3) is 5.91 Å². The van der Waals surface area contributed by atoms with Gasteiger partial charge in [-0.15, -0.1) is 0 Å². The lowest BCUT2D eigenvalue weighted by Gasteiger charge is -2.30. The molecule has 0 aliphatic carbocycles. The van der Waals surface area contributed by atoms with Gasteiger partial charge in [0.1, 0.15) is 12.6 Å². The maximum absolute atomic E-state index is 13.5. The number of rotatable bonds is 9. The molecule has 3 aromatic carbocycles. The normalized spacial score (nSPS) is 13.3. The smallest absolute Gasteiger partial charge is 0.259 e. The number of hydrogen-bond acceptors (Lipinski definition) is 3. The molecule has 0 spiro atoms. The summed E-state index contributed by atoms with van der Waals surface area (Å²) in [7, 11) is 0. The lowest BCUT2D eigenvalue weighted by molar-refractivity contribution is -0.139. The molecule has 1 aliphatic rings. The highest BCUT2D eigenvalue weighted by Gasteiger charge is 2.34. The Bertz CT molecular complexity index is 1170. The Morgan fingerprint density at radius 2 is 1.73 bits per heavy atom. The molecule has 4 rings (SSSR count). The van der Waals surface area contributed by atoms with Crippen LogP contribution < -0.4 is 10.2 Å². The van der Waals surface area contributed by atoms with Gasteiger partial charge < -0.3 is 10.2 Å². The maximum atomic E-state index is 13.5. The van der Waals surface area contributed by atoms with Crippen molar-refractivity contribution in [2.45, 2.75) is 39.3 Å². The van der Waals surface area contributed by atoms with Gasteiger partial charge in [-0.1, -0.05) is 67.9 Å². The minimum absolute atomic E-state index is 0.119. The summed E-state index contributed by atoms with van der Waals surface area (Å²) < 4.78 is 0. The number of nitrogens with zero attached hydrogens (tertiary/aromatic N) is 2. The number of benzene rings is 3. The Morgan fingerprint density at radius 1 is 1.00 bits per heavy atom. The zero-order chi connectivity index (χ0) is 23.4. The van der Waals surface area contributed by atoms with E-state index in [4.69, 9.17) is 0 Å². The van der Waals surface area contributed by atoms with E-state index in [0.29, 0.717) is 18.7 Å². The van der Waals surface area contributed by atoms with Crippen molar-refractivity contribution >= 4 is 34.2 Å². The Morgan fingerprint density at radius 3 is 2.45 bits per heavy atom. The molecule has 1 heterocycles. The minimum atomic E-state index is -0.662. The first-order valence-corrected chi connectivity index (χ1v) is 11.5. The summed E-state index contributed by atoms with van der Waals surface area (Å²) in [5.41, 5.74) is 2.27. The van der Waals surface area contributed by atoms with Crippen LogP contribution in [-0.2, 0) is 16.1 Å². The molecular formula is C27H29N3O3. The van der Waals surface area contributed by atoms with E-state index in [1.807, 2.05) is 60.7 Å². The largest absolute Gasteiger partial charge is 0.354 e. The number of hydrogen-bond donors (Lipinski definition) is 1. The molecule has 1 N–H and O–H groups in total. The van der Waals surface area contributed by atoms with Crippen LogP contribution in [0.15, 0.2) is 66.7 Å². The predicted octanol–water partition coefficient (Wildman–Crippen LogP) is 4.13. The molecule has 0 saturated heterocycles. The van der Waals surface area contributed by atoms with Crippen LogP contribution in [0, 0.1) is 0 Å². The highest BCUT2D eigenvalue weighted by Crippen LogP contribution is 2.37. The molecule has 0 fully saturated rings. The van der Waals surface area contributed by atoms with E-state index in [0.717, 1.165) is 34.9 Å². The standard InChI is InChI=1S/C27H29N3O3/c1-3-4-16-28-26(32)19(2)29(17-20-10-6-5-7-11-20)24(31)18-30-23-15-9-13-21-12-8-14-22(25(21)23)27(30)33/h5-15,19H,3-4,16-18H2,1-2H3,(H,28,32)/t19-/m1/s1. The molecule has 0 saturated carbocycles. The average molecular weight is 444 g/mol. The van der Waals surface area contributed by atoms with Gasteiger partial charge in [-0.3, -0.25) is 19.3 Å². The van der Waals surface area contributed by atoms with Gasteiger partial charge in [0.05, 0.1) is 5.69 Å².